The van der Waals surface area contributed by atoms with Gasteiger partial charge in [-0.1, -0.05) is 11.3 Å². The second-order valence-corrected chi connectivity index (χ2v) is 4.64. The van der Waals surface area contributed by atoms with Crippen molar-refractivity contribution in [3.8, 4) is 0 Å². The molecule has 0 radical (unpaired) electrons. The molecule has 14 heavy (non-hydrogen) atoms. The van der Waals surface area contributed by atoms with Crippen LogP contribution in [-0.4, -0.2) is 17.5 Å². The monoisotopic (exact) mass is 212 g/mol. The molecular formula is C9H12N2O2S. The third-order valence-electron chi connectivity index (χ3n) is 2.44. The van der Waals surface area contributed by atoms with Gasteiger partial charge in [0.05, 0.1) is 4.92 Å². The summed E-state index contributed by atoms with van der Waals surface area (Å²) in [5, 5.41) is 14.1. The molecule has 1 aromatic rings. The molecule has 1 aliphatic rings. The number of nitrogens with one attached hydrogen (secondary N) is 1. The van der Waals surface area contributed by atoms with Gasteiger partial charge in [-0.25, -0.2) is 0 Å². The van der Waals surface area contributed by atoms with Gasteiger partial charge in [0.15, 0.2) is 0 Å². The van der Waals surface area contributed by atoms with Gasteiger partial charge in [-0.2, -0.15) is 0 Å². The van der Waals surface area contributed by atoms with E-state index in [0.717, 1.165) is 17.8 Å². The first-order chi connectivity index (χ1) is 6.75. The fourth-order valence-electron chi connectivity index (χ4n) is 1.75. The molecule has 0 bridgehead atoms. The predicted octanol–water partition coefficient (Wildman–Crippen LogP) is 1.95. The first-order valence-electron chi connectivity index (χ1n) is 4.72. The quantitative estimate of drug-likeness (QED) is 0.615. The van der Waals surface area contributed by atoms with Gasteiger partial charge in [-0.3, -0.25) is 10.1 Å². The zero-order valence-electron chi connectivity index (χ0n) is 7.73. The summed E-state index contributed by atoms with van der Waals surface area (Å²) < 4.78 is 0. The largest absolute Gasteiger partial charge is 0.324 e. The number of hydrogen-bond donors (Lipinski definition) is 1. The molecule has 1 aromatic heterocycles. The number of nitro groups is 1. The van der Waals surface area contributed by atoms with Crippen molar-refractivity contribution in [2.75, 3.05) is 6.54 Å². The molecule has 1 fully saturated rings. The van der Waals surface area contributed by atoms with E-state index in [-0.39, 0.29) is 9.92 Å². The summed E-state index contributed by atoms with van der Waals surface area (Å²) in [5.74, 6) is 0. The van der Waals surface area contributed by atoms with Gasteiger partial charge in [0, 0.05) is 17.0 Å². The molecule has 0 aromatic carbocycles. The van der Waals surface area contributed by atoms with Gasteiger partial charge in [0.1, 0.15) is 0 Å². The SMILES string of the molecule is O=[N+]([O-])c1ccc(CC2CCCN2)s1. The lowest BCUT2D eigenvalue weighted by Crippen LogP contribution is -2.23. The summed E-state index contributed by atoms with van der Waals surface area (Å²) in [6.45, 7) is 1.08. The molecule has 1 atom stereocenters. The summed E-state index contributed by atoms with van der Waals surface area (Å²) in [5.41, 5.74) is 0. The molecule has 1 aliphatic heterocycles. The summed E-state index contributed by atoms with van der Waals surface area (Å²) in [7, 11) is 0. The number of rotatable bonds is 3. The molecule has 76 valence electrons. The summed E-state index contributed by atoms with van der Waals surface area (Å²) in [6.07, 6.45) is 3.34. The van der Waals surface area contributed by atoms with Gasteiger partial charge in [-0.05, 0) is 31.9 Å². The van der Waals surface area contributed by atoms with E-state index >= 15 is 0 Å². The van der Waals surface area contributed by atoms with Crippen LogP contribution in [0.1, 0.15) is 17.7 Å². The van der Waals surface area contributed by atoms with Crippen molar-refractivity contribution in [2.45, 2.75) is 25.3 Å². The van der Waals surface area contributed by atoms with E-state index in [1.807, 2.05) is 6.07 Å². The van der Waals surface area contributed by atoms with Gasteiger partial charge < -0.3 is 5.32 Å². The molecule has 0 amide bonds. The smallest absolute Gasteiger partial charge is 0.314 e. The molecule has 0 spiro atoms. The average Bonchev–Trinajstić information content (AvgIpc) is 2.75. The van der Waals surface area contributed by atoms with Crippen molar-refractivity contribution < 1.29 is 4.92 Å². The summed E-state index contributed by atoms with van der Waals surface area (Å²) in [4.78, 5) is 11.2. The maximum Gasteiger partial charge on any atom is 0.324 e. The van der Waals surface area contributed by atoms with Crippen LogP contribution in [0.2, 0.25) is 0 Å². The molecular weight excluding hydrogens is 200 g/mol. The molecule has 5 heteroatoms. The molecule has 1 unspecified atom stereocenters. The Balaban J connectivity index is 1.98. The molecule has 1 N–H and O–H groups in total. The zero-order chi connectivity index (χ0) is 9.97. The minimum Gasteiger partial charge on any atom is -0.314 e. The highest BCUT2D eigenvalue weighted by atomic mass is 32.1. The van der Waals surface area contributed by atoms with Crippen LogP contribution < -0.4 is 5.32 Å². The number of thiophene rings is 1. The molecule has 1 saturated heterocycles. The normalized spacial score (nSPS) is 21.3. The minimum atomic E-state index is -0.323. The molecule has 2 heterocycles. The second-order valence-electron chi connectivity index (χ2n) is 3.49. The van der Waals surface area contributed by atoms with Crippen molar-refractivity contribution in [2.24, 2.45) is 0 Å². The van der Waals surface area contributed by atoms with Crippen LogP contribution in [-0.2, 0) is 6.42 Å². The Labute approximate surface area is 86.1 Å². The van der Waals surface area contributed by atoms with Crippen LogP contribution in [0.3, 0.4) is 0 Å². The van der Waals surface area contributed by atoms with Crippen molar-refractivity contribution in [1.29, 1.82) is 0 Å². The van der Waals surface area contributed by atoms with Crippen LogP contribution in [0.5, 0.6) is 0 Å². The third kappa shape index (κ3) is 2.10. The Bertz CT molecular complexity index is 331. The van der Waals surface area contributed by atoms with Crippen LogP contribution in [0.4, 0.5) is 5.00 Å². The van der Waals surface area contributed by atoms with Crippen LogP contribution in [0, 0.1) is 10.1 Å². The average molecular weight is 212 g/mol. The molecule has 0 aliphatic carbocycles. The maximum absolute atomic E-state index is 10.5. The Morgan fingerprint density at radius 2 is 2.50 bits per heavy atom. The topological polar surface area (TPSA) is 55.2 Å². The van der Waals surface area contributed by atoms with E-state index in [0.29, 0.717) is 6.04 Å². The maximum atomic E-state index is 10.5. The van der Waals surface area contributed by atoms with Crippen LogP contribution >= 0.6 is 11.3 Å². The predicted molar refractivity (Wildman–Crippen MR) is 55.7 cm³/mol. The van der Waals surface area contributed by atoms with E-state index in [9.17, 15) is 10.1 Å². The number of hydrogen-bond acceptors (Lipinski definition) is 4. The van der Waals surface area contributed by atoms with Crippen molar-refractivity contribution >= 4 is 16.3 Å². The van der Waals surface area contributed by atoms with E-state index in [1.165, 1.54) is 24.2 Å². The Morgan fingerprint density at radius 1 is 1.64 bits per heavy atom. The van der Waals surface area contributed by atoms with Gasteiger partial charge >= 0.3 is 5.00 Å². The first-order valence-corrected chi connectivity index (χ1v) is 5.54. The van der Waals surface area contributed by atoms with Crippen LogP contribution in [0.25, 0.3) is 0 Å². The van der Waals surface area contributed by atoms with Crippen molar-refractivity contribution in [3.63, 3.8) is 0 Å². The Morgan fingerprint density at radius 3 is 3.07 bits per heavy atom. The Kier molecular flexibility index (Phi) is 2.79. The highest BCUT2D eigenvalue weighted by molar-refractivity contribution is 7.15. The second kappa shape index (κ2) is 4.06. The van der Waals surface area contributed by atoms with Gasteiger partial charge in [-0.15, -0.1) is 0 Å². The van der Waals surface area contributed by atoms with Crippen molar-refractivity contribution in [1.82, 2.24) is 5.32 Å². The Hall–Kier alpha value is -0.940. The summed E-state index contributed by atoms with van der Waals surface area (Å²) in [6, 6.07) is 3.98. The van der Waals surface area contributed by atoms with Gasteiger partial charge in [0.25, 0.3) is 0 Å². The lowest BCUT2D eigenvalue weighted by atomic mass is 10.1. The van der Waals surface area contributed by atoms with Gasteiger partial charge in [0.2, 0.25) is 0 Å². The first kappa shape index (κ1) is 9.61. The molecule has 2 rings (SSSR count). The minimum absolute atomic E-state index is 0.248. The van der Waals surface area contributed by atoms with E-state index in [2.05, 4.69) is 5.32 Å². The van der Waals surface area contributed by atoms with Crippen molar-refractivity contribution in [3.05, 3.63) is 27.1 Å². The fraction of sp³-hybridized carbons (Fsp3) is 0.556. The lowest BCUT2D eigenvalue weighted by molar-refractivity contribution is -0.380. The third-order valence-corrected chi connectivity index (χ3v) is 3.50. The summed E-state index contributed by atoms with van der Waals surface area (Å²) >= 11 is 1.29. The fourth-order valence-corrected chi connectivity index (χ4v) is 2.65. The van der Waals surface area contributed by atoms with E-state index < -0.39 is 0 Å². The highest BCUT2D eigenvalue weighted by Crippen LogP contribution is 2.26. The highest BCUT2D eigenvalue weighted by Gasteiger charge is 2.17. The molecule has 4 nitrogen and oxygen atoms in total. The van der Waals surface area contributed by atoms with Crippen LogP contribution in [0.15, 0.2) is 12.1 Å². The standard InChI is InChI=1S/C9H12N2O2S/c12-11(13)9-4-3-8(14-9)6-7-2-1-5-10-7/h3-4,7,10H,1-2,5-6H2. The van der Waals surface area contributed by atoms with E-state index in [1.54, 1.807) is 6.07 Å². The molecule has 0 saturated carbocycles. The lowest BCUT2D eigenvalue weighted by Gasteiger charge is -2.06. The number of nitrogens with zero attached hydrogens (tertiary/aromatic N) is 1. The van der Waals surface area contributed by atoms with E-state index in [4.69, 9.17) is 0 Å². The zero-order valence-corrected chi connectivity index (χ0v) is 8.55.